The molecule has 1 heterocycles. The van der Waals surface area contributed by atoms with Crippen molar-refractivity contribution in [2.24, 2.45) is 0 Å². The topological polar surface area (TPSA) is 80.5 Å². The van der Waals surface area contributed by atoms with Crippen LogP contribution in [0.5, 0.6) is 0 Å². The molecule has 2 rings (SSSR count). The molecule has 0 N–H and O–H groups in total. The molecule has 6 nitrogen and oxygen atoms in total. The Bertz CT molecular complexity index is 533. The quantitative estimate of drug-likeness (QED) is 0.628. The molecule has 1 aromatic carbocycles. The largest absolute Gasteiger partial charge is 0.289 e. The van der Waals surface area contributed by atoms with Crippen LogP contribution < -0.4 is 0 Å². The van der Waals surface area contributed by atoms with Crippen molar-refractivity contribution in [1.29, 1.82) is 0 Å². The molecule has 0 aromatic heterocycles. The van der Waals surface area contributed by atoms with Gasteiger partial charge in [-0.1, -0.05) is 23.9 Å². The SMILES string of the molecule is O=C1CSC(=O)N1Cc1cccc([N+](=O)[O-])c1Br. The lowest BCUT2D eigenvalue weighted by molar-refractivity contribution is -0.385. The van der Waals surface area contributed by atoms with Crippen molar-refractivity contribution in [3.8, 4) is 0 Å². The lowest BCUT2D eigenvalue weighted by atomic mass is 10.2. The highest BCUT2D eigenvalue weighted by Crippen LogP contribution is 2.30. The lowest BCUT2D eigenvalue weighted by Crippen LogP contribution is -2.28. The standard InChI is InChI=1S/C10H7BrN2O4S/c11-9-6(2-1-3-7(9)13(16)17)4-12-8(14)5-18-10(12)15/h1-3H,4-5H2. The first-order valence-electron chi connectivity index (χ1n) is 4.89. The minimum atomic E-state index is -0.518. The monoisotopic (exact) mass is 330 g/mol. The third kappa shape index (κ3) is 2.39. The molecule has 0 spiro atoms. The number of hydrogen-bond donors (Lipinski definition) is 0. The molecule has 0 radical (unpaired) electrons. The molecular weight excluding hydrogens is 324 g/mol. The number of carbonyl (C=O) groups excluding carboxylic acids is 2. The molecule has 0 saturated carbocycles. The molecule has 1 fully saturated rings. The summed E-state index contributed by atoms with van der Waals surface area (Å²) in [6.07, 6.45) is 0. The fraction of sp³-hybridized carbons (Fsp3) is 0.200. The van der Waals surface area contributed by atoms with E-state index >= 15 is 0 Å². The Hall–Kier alpha value is -1.41. The average molecular weight is 331 g/mol. The second-order valence-corrected chi connectivity index (χ2v) is 5.26. The third-order valence-corrected chi connectivity index (χ3v) is 4.20. The molecule has 18 heavy (non-hydrogen) atoms. The minimum absolute atomic E-state index is 0.0485. The van der Waals surface area contributed by atoms with Crippen molar-refractivity contribution < 1.29 is 14.5 Å². The van der Waals surface area contributed by atoms with Gasteiger partial charge in [-0.25, -0.2) is 0 Å². The van der Waals surface area contributed by atoms with Crippen molar-refractivity contribution in [2.75, 3.05) is 5.75 Å². The van der Waals surface area contributed by atoms with Crippen LogP contribution in [-0.4, -0.2) is 26.7 Å². The number of nitrogens with zero attached hydrogens (tertiary/aromatic N) is 2. The zero-order valence-corrected chi connectivity index (χ0v) is 11.4. The molecule has 94 valence electrons. The van der Waals surface area contributed by atoms with Crippen LogP contribution in [0.2, 0.25) is 0 Å². The van der Waals surface area contributed by atoms with Gasteiger partial charge in [0.15, 0.2) is 0 Å². The minimum Gasteiger partial charge on any atom is -0.273 e. The number of thioether (sulfide) groups is 1. The number of imide groups is 1. The molecule has 0 aliphatic carbocycles. The van der Waals surface area contributed by atoms with E-state index in [1.807, 2.05) is 0 Å². The maximum absolute atomic E-state index is 11.5. The van der Waals surface area contributed by atoms with Crippen LogP contribution in [0.4, 0.5) is 10.5 Å². The molecule has 0 bridgehead atoms. The van der Waals surface area contributed by atoms with Crippen LogP contribution in [0.1, 0.15) is 5.56 Å². The van der Waals surface area contributed by atoms with Crippen molar-refractivity contribution in [3.63, 3.8) is 0 Å². The van der Waals surface area contributed by atoms with Crippen LogP contribution in [0.25, 0.3) is 0 Å². The summed E-state index contributed by atoms with van der Waals surface area (Å²) in [5.74, 6) is -0.144. The summed E-state index contributed by atoms with van der Waals surface area (Å²) >= 11 is 4.07. The lowest BCUT2D eigenvalue weighted by Gasteiger charge is -2.13. The summed E-state index contributed by atoms with van der Waals surface area (Å²) in [6.45, 7) is 0.0485. The van der Waals surface area contributed by atoms with Gasteiger partial charge in [0.05, 0.1) is 17.2 Å². The number of nitro groups is 1. The summed E-state index contributed by atoms with van der Waals surface area (Å²) in [4.78, 5) is 34.2. The Morgan fingerprint density at radius 3 is 2.72 bits per heavy atom. The molecule has 1 aromatic rings. The highest BCUT2D eigenvalue weighted by Gasteiger charge is 2.30. The van der Waals surface area contributed by atoms with Gasteiger partial charge < -0.3 is 0 Å². The third-order valence-electron chi connectivity index (χ3n) is 2.42. The number of halogens is 1. The molecule has 8 heteroatoms. The van der Waals surface area contributed by atoms with Crippen molar-refractivity contribution in [1.82, 2.24) is 4.90 Å². The van der Waals surface area contributed by atoms with Gasteiger partial charge in [-0.05, 0) is 21.5 Å². The van der Waals surface area contributed by atoms with Crippen LogP contribution in [0, 0.1) is 10.1 Å². The van der Waals surface area contributed by atoms with Gasteiger partial charge in [0.25, 0.3) is 10.9 Å². The first-order chi connectivity index (χ1) is 8.50. The highest BCUT2D eigenvalue weighted by molar-refractivity contribution is 9.10. The average Bonchev–Trinajstić information content (AvgIpc) is 2.63. The van der Waals surface area contributed by atoms with Gasteiger partial charge in [-0.2, -0.15) is 0 Å². The van der Waals surface area contributed by atoms with Gasteiger partial charge in [0.1, 0.15) is 4.47 Å². The maximum Gasteiger partial charge on any atom is 0.289 e. The van der Waals surface area contributed by atoms with Gasteiger partial charge in [0.2, 0.25) is 5.91 Å². The fourth-order valence-electron chi connectivity index (χ4n) is 1.53. The molecule has 0 unspecified atom stereocenters. The number of rotatable bonds is 3. The van der Waals surface area contributed by atoms with E-state index in [-0.39, 0.29) is 29.1 Å². The number of hydrogen-bond acceptors (Lipinski definition) is 5. The molecular formula is C10H7BrN2O4S. The Morgan fingerprint density at radius 2 is 2.17 bits per heavy atom. The van der Waals surface area contributed by atoms with E-state index in [0.717, 1.165) is 16.7 Å². The van der Waals surface area contributed by atoms with Crippen molar-refractivity contribution >= 4 is 44.5 Å². The van der Waals surface area contributed by atoms with Gasteiger partial charge in [-0.15, -0.1) is 0 Å². The second-order valence-electron chi connectivity index (χ2n) is 3.54. The first-order valence-corrected chi connectivity index (χ1v) is 6.67. The van der Waals surface area contributed by atoms with Gasteiger partial charge in [0, 0.05) is 6.07 Å². The predicted molar refractivity (Wildman–Crippen MR) is 69.2 cm³/mol. The van der Waals surface area contributed by atoms with Gasteiger partial charge in [-0.3, -0.25) is 24.6 Å². The molecule has 1 aliphatic rings. The van der Waals surface area contributed by atoms with Crippen LogP contribution in [-0.2, 0) is 11.3 Å². The number of carbonyl (C=O) groups is 2. The van der Waals surface area contributed by atoms with E-state index < -0.39 is 4.92 Å². The second kappa shape index (κ2) is 5.07. The van der Waals surface area contributed by atoms with Crippen LogP contribution >= 0.6 is 27.7 Å². The van der Waals surface area contributed by atoms with Crippen molar-refractivity contribution in [3.05, 3.63) is 38.3 Å². The van der Waals surface area contributed by atoms with E-state index in [1.54, 1.807) is 6.07 Å². The highest BCUT2D eigenvalue weighted by atomic mass is 79.9. The summed E-state index contributed by atoms with van der Waals surface area (Å²) in [5, 5.41) is 10.4. The Balaban J connectivity index is 2.30. The predicted octanol–water partition coefficient (Wildman–Crippen LogP) is 2.55. The fourth-order valence-corrected chi connectivity index (χ4v) is 2.79. The summed E-state index contributed by atoms with van der Waals surface area (Å²) < 4.78 is 0.299. The molecule has 1 saturated heterocycles. The van der Waals surface area contributed by atoms with Crippen molar-refractivity contribution in [2.45, 2.75) is 6.54 Å². The Kier molecular flexibility index (Phi) is 3.67. The summed E-state index contributed by atoms with van der Waals surface area (Å²) in [7, 11) is 0. The van der Waals surface area contributed by atoms with Crippen LogP contribution in [0.3, 0.4) is 0 Å². The van der Waals surface area contributed by atoms with Crippen LogP contribution in [0.15, 0.2) is 22.7 Å². The van der Waals surface area contributed by atoms with E-state index in [4.69, 9.17) is 0 Å². The molecule has 0 atom stereocenters. The van der Waals surface area contributed by atoms with E-state index in [0.29, 0.717) is 10.0 Å². The van der Waals surface area contributed by atoms with Gasteiger partial charge >= 0.3 is 0 Å². The smallest absolute Gasteiger partial charge is 0.273 e. The van der Waals surface area contributed by atoms with E-state index in [9.17, 15) is 19.7 Å². The Morgan fingerprint density at radius 1 is 1.44 bits per heavy atom. The summed E-state index contributed by atoms with van der Waals surface area (Å²) in [5.41, 5.74) is 0.452. The number of amides is 2. The number of nitro benzene ring substituents is 1. The number of benzene rings is 1. The van der Waals surface area contributed by atoms with E-state index in [2.05, 4.69) is 15.9 Å². The summed E-state index contributed by atoms with van der Waals surface area (Å²) in [6, 6.07) is 4.52. The normalized spacial score (nSPS) is 15.3. The van der Waals surface area contributed by atoms with E-state index in [1.165, 1.54) is 12.1 Å². The zero-order valence-electron chi connectivity index (χ0n) is 8.96. The molecule has 1 aliphatic heterocycles. The zero-order chi connectivity index (χ0) is 13.3. The maximum atomic E-state index is 11.5. The Labute approximate surface area is 115 Å². The first kappa shape index (κ1) is 13.0. The molecule has 2 amide bonds.